The average Bonchev–Trinajstić information content (AvgIpc) is 2.45. The first-order valence-electron chi connectivity index (χ1n) is 4.42. The van der Waals surface area contributed by atoms with Gasteiger partial charge >= 0.3 is 0 Å². The van der Waals surface area contributed by atoms with E-state index in [1.807, 2.05) is 26.0 Å². The molecule has 0 aliphatic rings. The Labute approximate surface area is 92.5 Å². The number of aromatic nitrogens is 1. The number of aryl methyl sites for hydroxylation is 2. The molecule has 2 rings (SSSR count). The van der Waals surface area contributed by atoms with Gasteiger partial charge in [0.25, 0.3) is 9.05 Å². The second kappa shape index (κ2) is 3.25. The molecular weight excluding hydrogens is 234 g/mol. The molecule has 0 amide bonds. The van der Waals surface area contributed by atoms with E-state index in [1.54, 1.807) is 0 Å². The molecule has 0 spiro atoms. The van der Waals surface area contributed by atoms with Gasteiger partial charge in [-0.05, 0) is 25.5 Å². The summed E-state index contributed by atoms with van der Waals surface area (Å²) < 4.78 is 22.6. The number of hydrogen-bond acceptors (Lipinski definition) is 2. The molecule has 0 saturated heterocycles. The van der Waals surface area contributed by atoms with Crippen LogP contribution in [0.2, 0.25) is 0 Å². The fourth-order valence-corrected chi connectivity index (χ4v) is 2.78. The minimum atomic E-state index is -3.68. The second-order valence-corrected chi connectivity index (χ2v) is 6.13. The number of H-pyrrole nitrogens is 1. The Morgan fingerprint density at radius 2 is 1.93 bits per heavy atom. The first-order chi connectivity index (χ1) is 6.89. The summed E-state index contributed by atoms with van der Waals surface area (Å²) in [7, 11) is 1.66. The highest BCUT2D eigenvalue weighted by molar-refractivity contribution is 8.14. The minimum absolute atomic E-state index is 0.144. The summed E-state index contributed by atoms with van der Waals surface area (Å²) in [5.74, 6) is 0. The maximum absolute atomic E-state index is 11.3. The third-order valence-electron chi connectivity index (χ3n) is 2.36. The Bertz CT molecular complexity index is 628. The first kappa shape index (κ1) is 10.5. The number of nitrogens with one attached hydrogen (secondary N) is 1. The highest BCUT2D eigenvalue weighted by Gasteiger charge is 2.16. The van der Waals surface area contributed by atoms with Crippen molar-refractivity contribution in [2.24, 2.45) is 0 Å². The molecule has 0 atom stereocenters. The maximum atomic E-state index is 11.3. The van der Waals surface area contributed by atoms with Gasteiger partial charge in [-0.3, -0.25) is 0 Å². The highest BCUT2D eigenvalue weighted by Crippen LogP contribution is 2.28. The summed E-state index contributed by atoms with van der Waals surface area (Å²) in [4.78, 5) is 3.07. The van der Waals surface area contributed by atoms with E-state index in [-0.39, 0.29) is 4.90 Å². The smallest absolute Gasteiger partial charge is 0.263 e. The lowest BCUT2D eigenvalue weighted by molar-refractivity contribution is 0.610. The van der Waals surface area contributed by atoms with Crippen molar-refractivity contribution in [3.05, 3.63) is 29.5 Å². The Morgan fingerprint density at radius 3 is 2.53 bits per heavy atom. The van der Waals surface area contributed by atoms with E-state index in [2.05, 4.69) is 4.98 Å². The van der Waals surface area contributed by atoms with Gasteiger partial charge in [0.05, 0.1) is 0 Å². The van der Waals surface area contributed by atoms with Crippen molar-refractivity contribution in [1.29, 1.82) is 0 Å². The first-order valence-corrected chi connectivity index (χ1v) is 6.73. The molecule has 5 heteroatoms. The highest BCUT2D eigenvalue weighted by atomic mass is 35.7. The quantitative estimate of drug-likeness (QED) is 0.783. The topological polar surface area (TPSA) is 49.9 Å². The van der Waals surface area contributed by atoms with Crippen LogP contribution in [0.3, 0.4) is 0 Å². The molecule has 0 aliphatic carbocycles. The Hall–Kier alpha value is -1.00. The van der Waals surface area contributed by atoms with E-state index in [9.17, 15) is 8.42 Å². The van der Waals surface area contributed by atoms with Gasteiger partial charge in [0, 0.05) is 27.8 Å². The molecule has 2 aromatic rings. The summed E-state index contributed by atoms with van der Waals surface area (Å²) in [6.45, 7) is 3.85. The molecule has 3 nitrogen and oxygen atoms in total. The average molecular weight is 244 g/mol. The van der Waals surface area contributed by atoms with E-state index in [0.29, 0.717) is 5.39 Å². The summed E-state index contributed by atoms with van der Waals surface area (Å²) in [5.41, 5.74) is 2.84. The molecular formula is C10H10ClNO2S. The van der Waals surface area contributed by atoms with Gasteiger partial charge in [0.15, 0.2) is 0 Å². The van der Waals surface area contributed by atoms with Crippen LogP contribution in [0.4, 0.5) is 0 Å². The number of benzene rings is 1. The van der Waals surface area contributed by atoms with E-state index >= 15 is 0 Å². The third-order valence-corrected chi connectivity index (χ3v) is 3.72. The van der Waals surface area contributed by atoms with Crippen molar-refractivity contribution in [2.75, 3.05) is 0 Å². The maximum Gasteiger partial charge on any atom is 0.263 e. The van der Waals surface area contributed by atoms with Crippen LogP contribution in [0.15, 0.2) is 23.2 Å². The summed E-state index contributed by atoms with van der Waals surface area (Å²) in [6, 6.07) is 3.80. The molecule has 80 valence electrons. The number of halogens is 1. The largest absolute Gasteiger partial charge is 0.360 e. The van der Waals surface area contributed by atoms with Crippen LogP contribution in [0.5, 0.6) is 0 Å². The normalized spacial score (nSPS) is 12.2. The van der Waals surface area contributed by atoms with Crippen molar-refractivity contribution in [1.82, 2.24) is 4.98 Å². The summed E-state index contributed by atoms with van der Waals surface area (Å²) in [6.07, 6.45) is 1.43. The molecule has 1 N–H and O–H groups in total. The Balaban J connectivity index is 2.92. The third kappa shape index (κ3) is 1.75. The van der Waals surface area contributed by atoms with Crippen LogP contribution in [0, 0.1) is 13.8 Å². The predicted molar refractivity (Wildman–Crippen MR) is 60.8 cm³/mol. The molecule has 0 aliphatic heterocycles. The lowest BCUT2D eigenvalue weighted by Gasteiger charge is -2.00. The number of rotatable bonds is 1. The molecule has 0 bridgehead atoms. The summed E-state index contributed by atoms with van der Waals surface area (Å²) in [5, 5.41) is 0.655. The molecule has 1 heterocycles. The number of aromatic amines is 1. The van der Waals surface area contributed by atoms with Crippen LogP contribution >= 0.6 is 10.7 Å². The number of fused-ring (bicyclic) bond motifs is 1. The molecule has 0 radical (unpaired) electrons. The fourth-order valence-electron chi connectivity index (χ4n) is 1.77. The van der Waals surface area contributed by atoms with Crippen LogP contribution in [-0.2, 0) is 9.05 Å². The van der Waals surface area contributed by atoms with Gasteiger partial charge in [-0.2, -0.15) is 0 Å². The van der Waals surface area contributed by atoms with Gasteiger partial charge in [-0.25, -0.2) is 8.42 Å². The van der Waals surface area contributed by atoms with Crippen LogP contribution in [-0.4, -0.2) is 13.4 Å². The predicted octanol–water partition coefficient (Wildman–Crippen LogP) is 2.71. The van der Waals surface area contributed by atoms with E-state index < -0.39 is 9.05 Å². The SMILES string of the molecule is Cc1cc(C)c2[nH]cc(S(=O)(=O)Cl)c2c1. The van der Waals surface area contributed by atoms with Gasteiger partial charge in [0.1, 0.15) is 4.90 Å². The van der Waals surface area contributed by atoms with E-state index in [1.165, 1.54) is 6.20 Å². The van der Waals surface area contributed by atoms with Gasteiger partial charge in [-0.1, -0.05) is 11.6 Å². The zero-order chi connectivity index (χ0) is 11.2. The Kier molecular flexibility index (Phi) is 2.28. The van der Waals surface area contributed by atoms with Crippen molar-refractivity contribution < 1.29 is 8.42 Å². The van der Waals surface area contributed by atoms with E-state index in [0.717, 1.165) is 16.6 Å². The number of hydrogen-bond donors (Lipinski definition) is 1. The zero-order valence-corrected chi connectivity index (χ0v) is 9.91. The Morgan fingerprint density at radius 1 is 1.27 bits per heavy atom. The van der Waals surface area contributed by atoms with Crippen LogP contribution < -0.4 is 0 Å². The van der Waals surface area contributed by atoms with Crippen LogP contribution in [0.25, 0.3) is 10.9 Å². The monoisotopic (exact) mass is 243 g/mol. The minimum Gasteiger partial charge on any atom is -0.360 e. The van der Waals surface area contributed by atoms with Gasteiger partial charge in [-0.15, -0.1) is 0 Å². The van der Waals surface area contributed by atoms with Gasteiger partial charge in [0.2, 0.25) is 0 Å². The lowest BCUT2D eigenvalue weighted by Crippen LogP contribution is -1.88. The van der Waals surface area contributed by atoms with Gasteiger partial charge < -0.3 is 4.98 Å². The summed E-state index contributed by atoms with van der Waals surface area (Å²) >= 11 is 0. The molecule has 1 aromatic carbocycles. The van der Waals surface area contributed by atoms with Crippen molar-refractivity contribution >= 4 is 30.6 Å². The fraction of sp³-hybridized carbons (Fsp3) is 0.200. The molecule has 0 unspecified atom stereocenters. The van der Waals surface area contributed by atoms with Crippen molar-refractivity contribution in [3.63, 3.8) is 0 Å². The molecule has 15 heavy (non-hydrogen) atoms. The van der Waals surface area contributed by atoms with Crippen LogP contribution in [0.1, 0.15) is 11.1 Å². The molecule has 0 saturated carbocycles. The van der Waals surface area contributed by atoms with Crippen molar-refractivity contribution in [3.8, 4) is 0 Å². The standard InChI is InChI=1S/C10H10ClNO2S/c1-6-3-7(2)10-8(4-6)9(5-12-10)15(11,13)14/h3-5,12H,1-2H3. The lowest BCUT2D eigenvalue weighted by atomic mass is 10.1. The molecule has 1 aromatic heterocycles. The zero-order valence-electron chi connectivity index (χ0n) is 8.33. The second-order valence-electron chi connectivity index (χ2n) is 3.60. The van der Waals surface area contributed by atoms with Crippen molar-refractivity contribution in [2.45, 2.75) is 18.7 Å². The molecule has 0 fully saturated rings. The van der Waals surface area contributed by atoms with E-state index in [4.69, 9.17) is 10.7 Å².